The van der Waals surface area contributed by atoms with Gasteiger partial charge in [-0.3, -0.25) is 5.01 Å². The van der Waals surface area contributed by atoms with Gasteiger partial charge in [-0.05, 0) is 44.4 Å². The summed E-state index contributed by atoms with van der Waals surface area (Å²) in [5.74, 6) is 7.22. The summed E-state index contributed by atoms with van der Waals surface area (Å²) < 4.78 is 0. The number of rotatable bonds is 5. The first kappa shape index (κ1) is 17.4. The Kier molecular flexibility index (Phi) is 4.78. The Bertz CT molecular complexity index is 719. The second kappa shape index (κ2) is 6.85. The van der Waals surface area contributed by atoms with E-state index in [1.54, 1.807) is 20.0 Å². The number of nitrogen functional groups attached to an aromatic ring is 1. The van der Waals surface area contributed by atoms with Crippen LogP contribution in [0.4, 0.5) is 23.1 Å². The van der Waals surface area contributed by atoms with Crippen LogP contribution in [0.2, 0.25) is 0 Å². The summed E-state index contributed by atoms with van der Waals surface area (Å²) >= 11 is 0. The van der Waals surface area contributed by atoms with Gasteiger partial charge in [-0.15, -0.1) is 0 Å². The molecule has 1 aromatic heterocycles. The number of hydrazine groups is 1. The maximum absolute atomic E-state index is 10.1. The molecule has 0 bridgehead atoms. The average molecular weight is 342 g/mol. The lowest BCUT2D eigenvalue weighted by molar-refractivity contribution is 0.0786. The van der Waals surface area contributed by atoms with Gasteiger partial charge in [0.1, 0.15) is 0 Å². The van der Waals surface area contributed by atoms with Crippen LogP contribution in [0.1, 0.15) is 45.1 Å². The predicted octanol–water partition coefficient (Wildman–Crippen LogP) is 2.65. The highest BCUT2D eigenvalue weighted by molar-refractivity contribution is 5.70. The van der Waals surface area contributed by atoms with Crippen molar-refractivity contribution in [3.63, 3.8) is 0 Å². The highest BCUT2D eigenvalue weighted by Crippen LogP contribution is 2.29. The Morgan fingerprint density at radius 2 is 1.84 bits per heavy atom. The highest BCUT2D eigenvalue weighted by atomic mass is 16.3. The standard InChI is InChI=1S/C18H26N6O/c1-18(2,25)12-7-9-14(10-8-12)24(20)16-15(19)11-21-17(23-16)22-13-5-3-4-6-13/h7-11,13,25H,3-6,19-20H2,1-2H3,(H,21,22,23). The molecular formula is C18H26N6O. The molecular weight excluding hydrogens is 316 g/mol. The van der Waals surface area contributed by atoms with Gasteiger partial charge in [0.25, 0.3) is 0 Å². The van der Waals surface area contributed by atoms with Crippen LogP contribution in [-0.2, 0) is 5.60 Å². The molecule has 1 aromatic carbocycles. The first-order valence-corrected chi connectivity index (χ1v) is 8.61. The van der Waals surface area contributed by atoms with E-state index in [1.165, 1.54) is 17.9 Å². The van der Waals surface area contributed by atoms with E-state index < -0.39 is 5.60 Å². The molecule has 25 heavy (non-hydrogen) atoms. The van der Waals surface area contributed by atoms with Crippen molar-refractivity contribution in [3.05, 3.63) is 36.0 Å². The lowest BCUT2D eigenvalue weighted by atomic mass is 9.98. The third-order valence-electron chi connectivity index (χ3n) is 4.56. The van der Waals surface area contributed by atoms with E-state index >= 15 is 0 Å². The lowest BCUT2D eigenvalue weighted by Crippen LogP contribution is -2.28. The Morgan fingerprint density at radius 1 is 1.20 bits per heavy atom. The third kappa shape index (κ3) is 4.00. The Labute approximate surface area is 148 Å². The van der Waals surface area contributed by atoms with Crippen LogP contribution in [0.15, 0.2) is 30.5 Å². The van der Waals surface area contributed by atoms with Crippen molar-refractivity contribution in [2.45, 2.75) is 51.2 Å². The molecule has 0 unspecified atom stereocenters. The largest absolute Gasteiger partial charge is 0.394 e. The summed E-state index contributed by atoms with van der Waals surface area (Å²) in [6, 6.07) is 7.75. The third-order valence-corrected chi connectivity index (χ3v) is 4.56. The summed E-state index contributed by atoms with van der Waals surface area (Å²) in [6.45, 7) is 3.48. The first-order valence-electron chi connectivity index (χ1n) is 8.61. The van der Waals surface area contributed by atoms with Crippen LogP contribution in [0.5, 0.6) is 0 Å². The van der Waals surface area contributed by atoms with E-state index in [1.807, 2.05) is 24.3 Å². The normalized spacial score (nSPS) is 15.4. The Hall–Kier alpha value is -2.38. The molecule has 0 saturated heterocycles. The fourth-order valence-electron chi connectivity index (χ4n) is 3.05. The predicted molar refractivity (Wildman–Crippen MR) is 100 cm³/mol. The molecule has 1 aliphatic carbocycles. The highest BCUT2D eigenvalue weighted by Gasteiger charge is 2.19. The zero-order chi connectivity index (χ0) is 18.0. The van der Waals surface area contributed by atoms with E-state index in [-0.39, 0.29) is 0 Å². The van der Waals surface area contributed by atoms with E-state index in [2.05, 4.69) is 15.3 Å². The average Bonchev–Trinajstić information content (AvgIpc) is 3.08. The van der Waals surface area contributed by atoms with E-state index in [9.17, 15) is 5.11 Å². The van der Waals surface area contributed by atoms with Gasteiger partial charge < -0.3 is 16.2 Å². The molecule has 0 spiro atoms. The quantitative estimate of drug-likeness (QED) is 0.488. The van der Waals surface area contributed by atoms with Gasteiger partial charge >= 0.3 is 0 Å². The smallest absolute Gasteiger partial charge is 0.225 e. The van der Waals surface area contributed by atoms with Crippen LogP contribution in [0.25, 0.3) is 0 Å². The number of aliphatic hydroxyl groups is 1. The SMILES string of the molecule is CC(C)(O)c1ccc(N(N)c2nc(NC3CCCC3)ncc2N)cc1. The topological polar surface area (TPSA) is 113 Å². The lowest BCUT2D eigenvalue weighted by Gasteiger charge is -2.22. The van der Waals surface area contributed by atoms with E-state index in [0.29, 0.717) is 23.5 Å². The number of nitrogens with zero attached hydrogens (tertiary/aromatic N) is 3. The number of nitrogens with two attached hydrogens (primary N) is 2. The molecule has 2 aromatic rings. The van der Waals surface area contributed by atoms with Crippen LogP contribution in [0.3, 0.4) is 0 Å². The first-order chi connectivity index (χ1) is 11.8. The van der Waals surface area contributed by atoms with Crippen LogP contribution in [-0.4, -0.2) is 21.1 Å². The number of aromatic nitrogens is 2. The maximum atomic E-state index is 10.1. The van der Waals surface area contributed by atoms with Crippen molar-refractivity contribution in [1.29, 1.82) is 0 Å². The minimum atomic E-state index is -0.899. The molecule has 1 heterocycles. The molecule has 0 aliphatic heterocycles. The van der Waals surface area contributed by atoms with Crippen molar-refractivity contribution >= 4 is 23.1 Å². The van der Waals surface area contributed by atoms with Gasteiger partial charge in [-0.1, -0.05) is 25.0 Å². The molecule has 0 amide bonds. The summed E-state index contributed by atoms with van der Waals surface area (Å²) in [7, 11) is 0. The number of anilines is 4. The number of hydrogen-bond acceptors (Lipinski definition) is 7. The maximum Gasteiger partial charge on any atom is 0.225 e. The fourth-order valence-corrected chi connectivity index (χ4v) is 3.05. The van der Waals surface area contributed by atoms with Crippen molar-refractivity contribution in [3.8, 4) is 0 Å². The van der Waals surface area contributed by atoms with Crippen LogP contribution in [0, 0.1) is 0 Å². The molecule has 6 N–H and O–H groups in total. The fraction of sp³-hybridized carbons (Fsp3) is 0.444. The van der Waals surface area contributed by atoms with Gasteiger partial charge in [-0.2, -0.15) is 4.98 Å². The zero-order valence-electron chi connectivity index (χ0n) is 14.7. The Morgan fingerprint density at radius 3 is 2.44 bits per heavy atom. The van der Waals surface area contributed by atoms with Crippen molar-refractivity contribution < 1.29 is 5.11 Å². The van der Waals surface area contributed by atoms with E-state index in [4.69, 9.17) is 11.6 Å². The summed E-state index contributed by atoms with van der Waals surface area (Å²) in [5.41, 5.74) is 7.07. The van der Waals surface area contributed by atoms with Gasteiger partial charge in [0.05, 0.1) is 23.2 Å². The van der Waals surface area contributed by atoms with Gasteiger partial charge in [0.15, 0.2) is 5.82 Å². The minimum absolute atomic E-state index is 0.408. The molecule has 3 rings (SSSR count). The molecule has 7 heteroatoms. The molecule has 134 valence electrons. The van der Waals surface area contributed by atoms with Crippen LogP contribution >= 0.6 is 0 Å². The number of nitrogens with one attached hydrogen (secondary N) is 1. The monoisotopic (exact) mass is 342 g/mol. The van der Waals surface area contributed by atoms with E-state index in [0.717, 1.165) is 24.1 Å². The molecule has 7 nitrogen and oxygen atoms in total. The second-order valence-corrected chi connectivity index (χ2v) is 7.07. The minimum Gasteiger partial charge on any atom is -0.394 e. The van der Waals surface area contributed by atoms with Gasteiger partial charge in [0.2, 0.25) is 5.95 Å². The molecule has 1 saturated carbocycles. The number of hydrogen-bond donors (Lipinski definition) is 4. The van der Waals surface area contributed by atoms with Crippen molar-refractivity contribution in [2.75, 3.05) is 16.1 Å². The molecule has 1 aliphatic rings. The summed E-state index contributed by atoms with van der Waals surface area (Å²) in [4.78, 5) is 8.75. The van der Waals surface area contributed by atoms with Crippen molar-refractivity contribution in [2.24, 2.45) is 5.84 Å². The van der Waals surface area contributed by atoms with Crippen molar-refractivity contribution in [1.82, 2.24) is 9.97 Å². The molecule has 1 fully saturated rings. The molecule has 0 atom stereocenters. The Balaban J connectivity index is 1.81. The second-order valence-electron chi connectivity index (χ2n) is 7.07. The van der Waals surface area contributed by atoms with Crippen LogP contribution < -0.4 is 21.9 Å². The summed E-state index contributed by atoms with van der Waals surface area (Å²) in [5, 5.41) is 14.8. The number of benzene rings is 1. The van der Waals surface area contributed by atoms with Gasteiger partial charge in [0, 0.05) is 6.04 Å². The van der Waals surface area contributed by atoms with Gasteiger partial charge in [-0.25, -0.2) is 10.8 Å². The molecule has 0 radical (unpaired) electrons. The zero-order valence-corrected chi connectivity index (χ0v) is 14.7. The summed E-state index contributed by atoms with van der Waals surface area (Å²) in [6.07, 6.45) is 6.30.